The molecule has 148 valence electrons. The van der Waals surface area contributed by atoms with Gasteiger partial charge in [0.1, 0.15) is 18.8 Å². The molecule has 1 aliphatic heterocycles. The van der Waals surface area contributed by atoms with Crippen LogP contribution in [0.2, 0.25) is 0 Å². The largest absolute Gasteiger partial charge is 0.465 e. The molecule has 0 radical (unpaired) electrons. The van der Waals surface area contributed by atoms with Crippen LogP contribution < -0.4 is 0 Å². The third kappa shape index (κ3) is 6.29. The van der Waals surface area contributed by atoms with E-state index in [4.69, 9.17) is 23.7 Å². The van der Waals surface area contributed by atoms with Crippen molar-refractivity contribution in [2.24, 2.45) is 11.8 Å². The highest BCUT2D eigenvalue weighted by molar-refractivity contribution is 5.68. The summed E-state index contributed by atoms with van der Waals surface area (Å²) >= 11 is 0. The summed E-state index contributed by atoms with van der Waals surface area (Å²) < 4.78 is 26.7. The number of esters is 4. The van der Waals surface area contributed by atoms with Crippen molar-refractivity contribution in [2.45, 2.75) is 66.1 Å². The van der Waals surface area contributed by atoms with Crippen molar-refractivity contribution in [1.82, 2.24) is 0 Å². The molecule has 9 heteroatoms. The van der Waals surface area contributed by atoms with Gasteiger partial charge in [-0.2, -0.15) is 0 Å². The van der Waals surface area contributed by atoms with E-state index in [1.165, 1.54) is 27.7 Å². The van der Waals surface area contributed by atoms with Crippen LogP contribution in [-0.2, 0) is 42.9 Å². The van der Waals surface area contributed by atoms with E-state index in [9.17, 15) is 19.2 Å². The topological polar surface area (TPSA) is 114 Å². The molecule has 0 saturated carbocycles. The number of ether oxygens (including phenoxy) is 5. The Morgan fingerprint density at radius 3 is 1.73 bits per heavy atom. The Hall–Kier alpha value is -2.16. The van der Waals surface area contributed by atoms with Gasteiger partial charge in [-0.25, -0.2) is 0 Å². The molecule has 0 bridgehead atoms. The molecule has 0 aromatic rings. The summed E-state index contributed by atoms with van der Waals surface area (Å²) in [4.78, 5) is 45.8. The van der Waals surface area contributed by atoms with E-state index in [2.05, 4.69) is 0 Å². The normalized spacial score (nSPS) is 28.2. The maximum Gasteiger partial charge on any atom is 0.305 e. The predicted octanol–water partition coefficient (Wildman–Crippen LogP) is 0.973. The van der Waals surface area contributed by atoms with Crippen molar-refractivity contribution in [3.63, 3.8) is 0 Å². The highest BCUT2D eigenvalue weighted by atomic mass is 16.7. The minimum atomic E-state index is -1.21. The summed E-state index contributed by atoms with van der Waals surface area (Å²) in [5, 5.41) is 0. The third-order valence-corrected chi connectivity index (χ3v) is 3.75. The second kappa shape index (κ2) is 9.51. The fourth-order valence-electron chi connectivity index (χ4n) is 2.82. The van der Waals surface area contributed by atoms with Gasteiger partial charge in [0.15, 0.2) is 6.10 Å². The lowest BCUT2D eigenvalue weighted by Gasteiger charge is -2.45. The van der Waals surface area contributed by atoms with Crippen molar-refractivity contribution >= 4 is 23.9 Å². The van der Waals surface area contributed by atoms with Gasteiger partial charge >= 0.3 is 23.9 Å². The Kier molecular flexibility index (Phi) is 8.01. The Labute approximate surface area is 152 Å². The van der Waals surface area contributed by atoms with Crippen LogP contribution in [-0.4, -0.2) is 55.1 Å². The number of hydrogen-bond donors (Lipinski definition) is 0. The van der Waals surface area contributed by atoms with Crippen molar-refractivity contribution in [1.29, 1.82) is 0 Å². The summed E-state index contributed by atoms with van der Waals surface area (Å²) in [5.74, 6) is -3.29. The number of carbonyl (C=O) groups is 4. The quantitative estimate of drug-likeness (QED) is 0.495. The van der Waals surface area contributed by atoms with Gasteiger partial charge in [-0.05, 0) is 5.92 Å². The van der Waals surface area contributed by atoms with Gasteiger partial charge in [-0.1, -0.05) is 13.8 Å². The highest BCUT2D eigenvalue weighted by Crippen LogP contribution is 2.35. The molecule has 1 heterocycles. The summed E-state index contributed by atoms with van der Waals surface area (Å²) in [6.45, 7) is 8.31. The number of rotatable bonds is 6. The van der Waals surface area contributed by atoms with E-state index in [-0.39, 0.29) is 12.5 Å². The molecule has 9 nitrogen and oxygen atoms in total. The van der Waals surface area contributed by atoms with Gasteiger partial charge in [0.05, 0.1) is 5.92 Å². The highest BCUT2D eigenvalue weighted by Gasteiger charge is 2.52. The van der Waals surface area contributed by atoms with Crippen LogP contribution in [0.1, 0.15) is 41.5 Å². The average molecular weight is 374 g/mol. The number of hydrogen-bond acceptors (Lipinski definition) is 9. The first-order valence-corrected chi connectivity index (χ1v) is 8.33. The van der Waals surface area contributed by atoms with Gasteiger partial charge in [0, 0.05) is 27.7 Å². The van der Waals surface area contributed by atoms with Crippen molar-refractivity contribution < 1.29 is 42.9 Å². The SMILES string of the molecule is CC(=O)OCC1C(OC(C)=O)C(OC(C)=O)OC(C(C)C)C1OC(C)=O. The van der Waals surface area contributed by atoms with Crippen LogP contribution in [0, 0.1) is 11.8 Å². The molecular weight excluding hydrogens is 348 g/mol. The van der Waals surface area contributed by atoms with Crippen molar-refractivity contribution in [3.8, 4) is 0 Å². The van der Waals surface area contributed by atoms with E-state index in [0.717, 1.165) is 0 Å². The van der Waals surface area contributed by atoms with Crippen LogP contribution in [0.15, 0.2) is 0 Å². The molecule has 0 aromatic carbocycles. The lowest BCUT2D eigenvalue weighted by molar-refractivity contribution is -0.293. The summed E-state index contributed by atoms with van der Waals surface area (Å²) in [7, 11) is 0. The molecule has 0 N–H and O–H groups in total. The van der Waals surface area contributed by atoms with Gasteiger partial charge < -0.3 is 23.7 Å². The maximum absolute atomic E-state index is 11.6. The molecule has 1 fully saturated rings. The molecular formula is C17H26O9. The first-order chi connectivity index (χ1) is 12.0. The zero-order chi connectivity index (χ0) is 20.0. The molecule has 5 atom stereocenters. The van der Waals surface area contributed by atoms with Crippen LogP contribution in [0.5, 0.6) is 0 Å². The molecule has 0 aliphatic carbocycles. The van der Waals surface area contributed by atoms with Crippen molar-refractivity contribution in [2.75, 3.05) is 6.61 Å². The van der Waals surface area contributed by atoms with Crippen molar-refractivity contribution in [3.05, 3.63) is 0 Å². The maximum atomic E-state index is 11.6. The van der Waals surface area contributed by atoms with Crippen LogP contribution >= 0.6 is 0 Å². The second-order valence-electron chi connectivity index (χ2n) is 6.44. The summed E-state index contributed by atoms with van der Waals surface area (Å²) in [6, 6.07) is 0. The monoisotopic (exact) mass is 374 g/mol. The molecule has 26 heavy (non-hydrogen) atoms. The standard InChI is InChI=1S/C17H26O9/c1-8(2)14-15(23-10(4)19)13(7-22-9(3)18)16(24-11(5)20)17(26-14)25-12(6)21/h8,13-17H,7H2,1-6H3. The van der Waals surface area contributed by atoms with Crippen LogP contribution in [0.3, 0.4) is 0 Å². The lowest BCUT2D eigenvalue weighted by Crippen LogP contribution is -2.60. The molecule has 1 rings (SSSR count). The van der Waals surface area contributed by atoms with Crippen LogP contribution in [0.4, 0.5) is 0 Å². The molecule has 5 unspecified atom stereocenters. The van der Waals surface area contributed by atoms with Gasteiger partial charge in [-0.15, -0.1) is 0 Å². The smallest absolute Gasteiger partial charge is 0.305 e. The fraction of sp³-hybridized carbons (Fsp3) is 0.765. The second-order valence-corrected chi connectivity index (χ2v) is 6.44. The lowest BCUT2D eigenvalue weighted by atomic mass is 9.84. The fourth-order valence-corrected chi connectivity index (χ4v) is 2.82. The van der Waals surface area contributed by atoms with Crippen LogP contribution in [0.25, 0.3) is 0 Å². The first kappa shape index (κ1) is 21.9. The van der Waals surface area contributed by atoms with Gasteiger partial charge in [-0.3, -0.25) is 19.2 Å². The Balaban J connectivity index is 3.28. The van der Waals surface area contributed by atoms with E-state index in [1.807, 2.05) is 13.8 Å². The van der Waals surface area contributed by atoms with E-state index in [0.29, 0.717) is 0 Å². The third-order valence-electron chi connectivity index (χ3n) is 3.75. The molecule has 1 aliphatic rings. The Bertz CT molecular complexity index is 542. The van der Waals surface area contributed by atoms with Gasteiger partial charge in [0.25, 0.3) is 0 Å². The molecule has 0 spiro atoms. The average Bonchev–Trinajstić information content (AvgIpc) is 2.46. The van der Waals surface area contributed by atoms with E-state index in [1.54, 1.807) is 0 Å². The minimum absolute atomic E-state index is 0.129. The summed E-state index contributed by atoms with van der Waals surface area (Å²) in [5.41, 5.74) is 0. The van der Waals surface area contributed by atoms with E-state index >= 15 is 0 Å². The minimum Gasteiger partial charge on any atom is -0.465 e. The summed E-state index contributed by atoms with van der Waals surface area (Å²) in [6.07, 6.45) is -3.83. The Morgan fingerprint density at radius 2 is 1.31 bits per heavy atom. The Morgan fingerprint density at radius 1 is 0.808 bits per heavy atom. The first-order valence-electron chi connectivity index (χ1n) is 8.33. The zero-order valence-corrected chi connectivity index (χ0v) is 15.8. The zero-order valence-electron chi connectivity index (χ0n) is 15.8. The predicted molar refractivity (Wildman–Crippen MR) is 86.5 cm³/mol. The van der Waals surface area contributed by atoms with Gasteiger partial charge in [0.2, 0.25) is 6.29 Å². The molecule has 0 aromatic heterocycles. The van der Waals surface area contributed by atoms with E-state index < -0.39 is 54.4 Å². The number of carbonyl (C=O) groups excluding carboxylic acids is 4. The molecule has 0 amide bonds. The molecule has 1 saturated heterocycles.